The lowest BCUT2D eigenvalue weighted by Crippen LogP contribution is -2.35. The second kappa shape index (κ2) is 10.6. The van der Waals surface area contributed by atoms with Crippen molar-refractivity contribution in [3.8, 4) is 0 Å². The molecule has 2 aliphatic heterocycles. The van der Waals surface area contributed by atoms with Crippen molar-refractivity contribution in [2.24, 2.45) is 0 Å². The van der Waals surface area contributed by atoms with Gasteiger partial charge in [-0.3, -0.25) is 4.79 Å². The first kappa shape index (κ1) is 22.9. The number of amides is 3. The van der Waals surface area contributed by atoms with Crippen LogP contribution in [0.4, 0.5) is 21.9 Å². The van der Waals surface area contributed by atoms with Gasteiger partial charge in [-0.15, -0.1) is 0 Å². The molecule has 1 atom stereocenters. The Balaban J connectivity index is 1.12. The summed E-state index contributed by atoms with van der Waals surface area (Å²) in [4.78, 5) is 27.1. The molecule has 3 amide bonds. The van der Waals surface area contributed by atoms with Gasteiger partial charge in [-0.1, -0.05) is 24.3 Å². The fraction of sp³-hybridized carbons (Fsp3) is 0.286. The minimum atomic E-state index is -0.269. The highest BCUT2D eigenvalue weighted by Crippen LogP contribution is 2.25. The van der Waals surface area contributed by atoms with Crippen molar-refractivity contribution in [2.45, 2.75) is 31.9 Å². The number of ether oxygens (including phenoxy) is 1. The van der Waals surface area contributed by atoms with Crippen LogP contribution >= 0.6 is 0 Å². The topological polar surface area (TPSA) is 82.7 Å². The largest absolute Gasteiger partial charge is 0.376 e. The van der Waals surface area contributed by atoms with Crippen molar-refractivity contribution in [2.75, 3.05) is 35.2 Å². The Labute approximate surface area is 205 Å². The Bertz CT molecular complexity index is 1170. The van der Waals surface area contributed by atoms with Gasteiger partial charge in [-0.05, 0) is 78.9 Å². The average Bonchev–Trinajstić information content (AvgIpc) is 3.42. The number of carbonyl (C=O) groups excluding carboxylic acids is 2. The molecule has 1 fully saturated rings. The van der Waals surface area contributed by atoms with Crippen LogP contribution in [-0.2, 0) is 17.7 Å². The van der Waals surface area contributed by atoms with Gasteiger partial charge in [0.2, 0.25) is 0 Å². The fourth-order valence-corrected chi connectivity index (χ4v) is 4.57. The van der Waals surface area contributed by atoms with Crippen LogP contribution in [0.3, 0.4) is 0 Å². The second-order valence-electron chi connectivity index (χ2n) is 8.99. The molecule has 0 radical (unpaired) electrons. The summed E-state index contributed by atoms with van der Waals surface area (Å²) in [5, 5.41) is 8.54. The molecule has 1 unspecified atom stereocenters. The van der Waals surface area contributed by atoms with Crippen LogP contribution in [0, 0.1) is 0 Å². The van der Waals surface area contributed by atoms with E-state index in [1.165, 1.54) is 11.1 Å². The van der Waals surface area contributed by atoms with Crippen LogP contribution in [0.25, 0.3) is 0 Å². The Morgan fingerprint density at radius 3 is 2.31 bits per heavy atom. The van der Waals surface area contributed by atoms with E-state index in [0.717, 1.165) is 44.6 Å². The SMILES string of the molecule is O=C(NCC1CCCO1)Nc1ccc(NC(=O)c2ccc(N3CCc4ccccc4C3)cc2)cc1. The molecule has 3 aromatic rings. The number of anilines is 3. The van der Waals surface area contributed by atoms with E-state index in [4.69, 9.17) is 4.74 Å². The number of nitrogens with one attached hydrogen (secondary N) is 3. The quantitative estimate of drug-likeness (QED) is 0.483. The van der Waals surface area contributed by atoms with Crippen LogP contribution in [-0.4, -0.2) is 37.7 Å². The Morgan fingerprint density at radius 1 is 0.886 bits per heavy atom. The van der Waals surface area contributed by atoms with E-state index < -0.39 is 0 Å². The molecule has 3 aromatic carbocycles. The van der Waals surface area contributed by atoms with Gasteiger partial charge in [0, 0.05) is 48.9 Å². The van der Waals surface area contributed by atoms with Crippen molar-refractivity contribution < 1.29 is 14.3 Å². The summed E-state index contributed by atoms with van der Waals surface area (Å²) in [5.41, 5.74) is 5.81. The number of carbonyl (C=O) groups is 2. The molecule has 35 heavy (non-hydrogen) atoms. The fourth-order valence-electron chi connectivity index (χ4n) is 4.57. The molecule has 5 rings (SSSR count). The standard InChI is InChI=1S/C28H30N4O3/c33-27(21-7-13-25(14-8-21)32-16-15-20-4-1-2-5-22(20)19-32)30-23-9-11-24(12-10-23)31-28(34)29-18-26-6-3-17-35-26/h1-2,4-5,7-14,26H,3,6,15-19H2,(H,30,33)(H2,29,31,34). The molecule has 2 aliphatic rings. The molecule has 0 aliphatic carbocycles. The third-order valence-electron chi connectivity index (χ3n) is 6.54. The van der Waals surface area contributed by atoms with Crippen molar-refractivity contribution in [1.82, 2.24) is 5.32 Å². The van der Waals surface area contributed by atoms with Gasteiger partial charge in [0.05, 0.1) is 6.10 Å². The number of rotatable bonds is 6. The van der Waals surface area contributed by atoms with E-state index in [-0.39, 0.29) is 18.0 Å². The number of hydrogen-bond donors (Lipinski definition) is 3. The van der Waals surface area contributed by atoms with E-state index in [0.29, 0.717) is 23.5 Å². The van der Waals surface area contributed by atoms with Crippen LogP contribution in [0.1, 0.15) is 34.3 Å². The van der Waals surface area contributed by atoms with Crippen LogP contribution in [0.5, 0.6) is 0 Å². The highest BCUT2D eigenvalue weighted by atomic mass is 16.5. The van der Waals surface area contributed by atoms with Gasteiger partial charge in [0.25, 0.3) is 5.91 Å². The van der Waals surface area contributed by atoms with E-state index >= 15 is 0 Å². The summed E-state index contributed by atoms with van der Waals surface area (Å²) in [7, 11) is 0. The third-order valence-corrected chi connectivity index (χ3v) is 6.54. The molecule has 180 valence electrons. The Morgan fingerprint density at radius 2 is 1.60 bits per heavy atom. The van der Waals surface area contributed by atoms with E-state index in [9.17, 15) is 9.59 Å². The van der Waals surface area contributed by atoms with Gasteiger partial charge in [-0.25, -0.2) is 4.79 Å². The minimum Gasteiger partial charge on any atom is -0.376 e. The minimum absolute atomic E-state index is 0.101. The predicted molar refractivity (Wildman–Crippen MR) is 138 cm³/mol. The zero-order chi connectivity index (χ0) is 24.0. The normalized spacial score (nSPS) is 16.9. The molecule has 7 heteroatoms. The van der Waals surface area contributed by atoms with E-state index in [2.05, 4.69) is 45.1 Å². The lowest BCUT2D eigenvalue weighted by molar-refractivity contribution is 0.102. The van der Waals surface area contributed by atoms with Crippen LogP contribution < -0.4 is 20.9 Å². The van der Waals surface area contributed by atoms with Crippen molar-refractivity contribution in [1.29, 1.82) is 0 Å². The summed E-state index contributed by atoms with van der Waals surface area (Å²) < 4.78 is 5.51. The average molecular weight is 471 g/mol. The van der Waals surface area contributed by atoms with Gasteiger partial charge < -0.3 is 25.6 Å². The number of urea groups is 1. The summed E-state index contributed by atoms with van der Waals surface area (Å²) in [5.74, 6) is -0.171. The first-order valence-electron chi connectivity index (χ1n) is 12.1. The van der Waals surface area contributed by atoms with Crippen LogP contribution in [0.15, 0.2) is 72.8 Å². The number of hydrogen-bond acceptors (Lipinski definition) is 4. The number of fused-ring (bicyclic) bond motifs is 1. The third kappa shape index (κ3) is 5.81. The highest BCUT2D eigenvalue weighted by molar-refractivity contribution is 6.04. The summed E-state index contributed by atoms with van der Waals surface area (Å²) in [6.45, 7) is 3.12. The monoisotopic (exact) mass is 470 g/mol. The maximum atomic E-state index is 12.7. The molecular weight excluding hydrogens is 440 g/mol. The van der Waals surface area contributed by atoms with Crippen molar-refractivity contribution in [3.63, 3.8) is 0 Å². The maximum absolute atomic E-state index is 12.7. The van der Waals surface area contributed by atoms with Gasteiger partial charge in [-0.2, -0.15) is 0 Å². The number of benzene rings is 3. The smallest absolute Gasteiger partial charge is 0.319 e. The second-order valence-corrected chi connectivity index (χ2v) is 8.99. The molecule has 0 spiro atoms. The first-order valence-corrected chi connectivity index (χ1v) is 12.1. The highest BCUT2D eigenvalue weighted by Gasteiger charge is 2.17. The van der Waals surface area contributed by atoms with Crippen LogP contribution in [0.2, 0.25) is 0 Å². The molecule has 0 saturated carbocycles. The van der Waals surface area contributed by atoms with Crippen molar-refractivity contribution >= 4 is 29.0 Å². The first-order chi connectivity index (χ1) is 17.1. The molecular formula is C28H30N4O3. The van der Waals surface area contributed by atoms with Gasteiger partial charge in [0.1, 0.15) is 0 Å². The summed E-state index contributed by atoms with van der Waals surface area (Å²) >= 11 is 0. The molecule has 7 nitrogen and oxygen atoms in total. The molecule has 3 N–H and O–H groups in total. The van der Waals surface area contributed by atoms with Gasteiger partial charge >= 0.3 is 6.03 Å². The van der Waals surface area contributed by atoms with Gasteiger partial charge in [0.15, 0.2) is 0 Å². The molecule has 2 heterocycles. The van der Waals surface area contributed by atoms with E-state index in [1.807, 2.05) is 24.3 Å². The Hall–Kier alpha value is -3.84. The maximum Gasteiger partial charge on any atom is 0.319 e. The Kier molecular flexibility index (Phi) is 6.95. The number of nitrogens with zero attached hydrogens (tertiary/aromatic N) is 1. The predicted octanol–water partition coefficient (Wildman–Crippen LogP) is 4.80. The molecule has 0 aromatic heterocycles. The lowest BCUT2D eigenvalue weighted by Gasteiger charge is -2.30. The summed E-state index contributed by atoms with van der Waals surface area (Å²) in [6, 6.07) is 23.1. The molecule has 1 saturated heterocycles. The van der Waals surface area contributed by atoms with Crippen molar-refractivity contribution in [3.05, 3.63) is 89.5 Å². The summed E-state index contributed by atoms with van der Waals surface area (Å²) in [6.07, 6.45) is 3.15. The zero-order valence-corrected chi connectivity index (χ0v) is 19.6. The lowest BCUT2D eigenvalue weighted by atomic mass is 9.99. The van der Waals surface area contributed by atoms with E-state index in [1.54, 1.807) is 24.3 Å². The molecule has 0 bridgehead atoms. The zero-order valence-electron chi connectivity index (χ0n) is 19.6.